The van der Waals surface area contributed by atoms with Crippen LogP contribution in [-0.2, 0) is 6.42 Å². The number of aliphatic hydroxyl groups excluding tert-OH is 1. The normalized spacial score (nSPS) is 12.0. The summed E-state index contributed by atoms with van der Waals surface area (Å²) in [7, 11) is 1.67. The van der Waals surface area contributed by atoms with Crippen molar-refractivity contribution >= 4 is 0 Å². The number of rotatable bonds is 9. The van der Waals surface area contributed by atoms with E-state index in [1.165, 1.54) is 5.56 Å². The van der Waals surface area contributed by atoms with E-state index in [1.807, 2.05) is 49.4 Å². The Morgan fingerprint density at radius 3 is 2.65 bits per heavy atom. The molecule has 2 N–H and O–H groups in total. The molecule has 0 heterocycles. The molecule has 0 fully saturated rings. The predicted molar refractivity (Wildman–Crippen MR) is 92.2 cm³/mol. The van der Waals surface area contributed by atoms with Crippen LogP contribution in [0.2, 0.25) is 0 Å². The van der Waals surface area contributed by atoms with E-state index in [9.17, 15) is 5.11 Å². The Hall–Kier alpha value is -2.04. The summed E-state index contributed by atoms with van der Waals surface area (Å²) in [6.07, 6.45) is 0.365. The van der Waals surface area contributed by atoms with E-state index in [1.54, 1.807) is 7.11 Å². The lowest BCUT2D eigenvalue weighted by Crippen LogP contribution is -2.32. The summed E-state index contributed by atoms with van der Waals surface area (Å²) in [6, 6.07) is 15.8. The summed E-state index contributed by atoms with van der Waals surface area (Å²) in [5.41, 5.74) is 2.36. The van der Waals surface area contributed by atoms with Gasteiger partial charge in [-0.05, 0) is 55.3 Å². The number of hydrogen-bond acceptors (Lipinski definition) is 4. The van der Waals surface area contributed by atoms with Crippen molar-refractivity contribution in [2.45, 2.75) is 19.4 Å². The highest BCUT2D eigenvalue weighted by molar-refractivity contribution is 5.28. The zero-order valence-corrected chi connectivity index (χ0v) is 13.8. The molecule has 23 heavy (non-hydrogen) atoms. The van der Waals surface area contributed by atoms with Gasteiger partial charge in [0.2, 0.25) is 0 Å². The molecule has 0 saturated carbocycles. The maximum atomic E-state index is 9.95. The first kappa shape index (κ1) is 17.3. The predicted octanol–water partition coefficient (Wildman–Crippen LogP) is 2.58. The number of aliphatic hydroxyl groups is 1. The molecule has 0 bridgehead atoms. The third-order valence-corrected chi connectivity index (χ3v) is 3.54. The standard InChI is InChI=1S/C19H25NO3/c1-15-5-3-8-19(11-15)23-14-17(21)13-20-10-9-16-6-4-7-18(12-16)22-2/h3-8,11-12,17,20-21H,9-10,13-14H2,1-2H3. The van der Waals surface area contributed by atoms with Crippen LogP contribution in [0.25, 0.3) is 0 Å². The van der Waals surface area contributed by atoms with Crippen molar-refractivity contribution in [3.05, 3.63) is 59.7 Å². The summed E-state index contributed by atoms with van der Waals surface area (Å²) in [4.78, 5) is 0. The van der Waals surface area contributed by atoms with Gasteiger partial charge in [-0.15, -0.1) is 0 Å². The lowest BCUT2D eigenvalue weighted by atomic mass is 10.1. The number of aryl methyl sites for hydroxylation is 1. The number of nitrogens with one attached hydrogen (secondary N) is 1. The molecule has 0 aliphatic rings. The molecule has 2 aromatic carbocycles. The largest absolute Gasteiger partial charge is 0.497 e. The second kappa shape index (κ2) is 9.18. The first-order chi connectivity index (χ1) is 11.2. The highest BCUT2D eigenvalue weighted by Gasteiger charge is 2.05. The fourth-order valence-corrected chi connectivity index (χ4v) is 2.29. The summed E-state index contributed by atoms with van der Waals surface area (Å²) in [5, 5.41) is 13.2. The molecule has 4 heteroatoms. The maximum absolute atomic E-state index is 9.95. The van der Waals surface area contributed by atoms with Crippen molar-refractivity contribution < 1.29 is 14.6 Å². The molecule has 0 amide bonds. The molecule has 0 saturated heterocycles. The van der Waals surface area contributed by atoms with Crippen LogP contribution in [0.5, 0.6) is 11.5 Å². The first-order valence-corrected chi connectivity index (χ1v) is 7.88. The SMILES string of the molecule is COc1cccc(CCNCC(O)COc2cccc(C)c2)c1. The first-order valence-electron chi connectivity index (χ1n) is 7.88. The molecule has 0 aliphatic carbocycles. The lowest BCUT2D eigenvalue weighted by Gasteiger charge is -2.13. The topological polar surface area (TPSA) is 50.7 Å². The number of ether oxygens (including phenoxy) is 2. The molecule has 4 nitrogen and oxygen atoms in total. The van der Waals surface area contributed by atoms with E-state index in [0.29, 0.717) is 6.54 Å². The van der Waals surface area contributed by atoms with Gasteiger partial charge in [0.25, 0.3) is 0 Å². The minimum absolute atomic E-state index is 0.287. The Labute approximate surface area is 138 Å². The Balaban J connectivity index is 1.63. The minimum Gasteiger partial charge on any atom is -0.497 e. The minimum atomic E-state index is -0.527. The van der Waals surface area contributed by atoms with Gasteiger partial charge in [-0.2, -0.15) is 0 Å². The van der Waals surface area contributed by atoms with Crippen LogP contribution < -0.4 is 14.8 Å². The van der Waals surface area contributed by atoms with Gasteiger partial charge in [-0.1, -0.05) is 24.3 Å². The van der Waals surface area contributed by atoms with Gasteiger partial charge in [-0.3, -0.25) is 0 Å². The van der Waals surface area contributed by atoms with Crippen LogP contribution in [0.3, 0.4) is 0 Å². The second-order valence-electron chi connectivity index (χ2n) is 5.59. The molecule has 0 aliphatic heterocycles. The van der Waals surface area contributed by atoms with Crippen LogP contribution >= 0.6 is 0 Å². The Kier molecular flexibility index (Phi) is 6.91. The summed E-state index contributed by atoms with van der Waals surface area (Å²) < 4.78 is 10.8. The van der Waals surface area contributed by atoms with E-state index >= 15 is 0 Å². The Bertz CT molecular complexity index is 601. The third-order valence-electron chi connectivity index (χ3n) is 3.54. The average Bonchev–Trinajstić information content (AvgIpc) is 2.57. The van der Waals surface area contributed by atoms with Crippen molar-refractivity contribution in [1.29, 1.82) is 0 Å². The highest BCUT2D eigenvalue weighted by atomic mass is 16.5. The molecule has 124 valence electrons. The molecule has 1 unspecified atom stereocenters. The molecular formula is C19H25NO3. The van der Waals surface area contributed by atoms with E-state index < -0.39 is 6.10 Å². The van der Waals surface area contributed by atoms with Crippen LogP contribution in [0.4, 0.5) is 0 Å². The smallest absolute Gasteiger partial charge is 0.119 e. The number of methoxy groups -OCH3 is 1. The quantitative estimate of drug-likeness (QED) is 0.698. The highest BCUT2D eigenvalue weighted by Crippen LogP contribution is 2.13. The second-order valence-corrected chi connectivity index (χ2v) is 5.59. The van der Waals surface area contributed by atoms with Crippen molar-refractivity contribution in [3.8, 4) is 11.5 Å². The van der Waals surface area contributed by atoms with Crippen LogP contribution in [0.15, 0.2) is 48.5 Å². The van der Waals surface area contributed by atoms with Crippen LogP contribution in [-0.4, -0.2) is 38.0 Å². The number of hydrogen-bond donors (Lipinski definition) is 2. The fraction of sp³-hybridized carbons (Fsp3) is 0.368. The van der Waals surface area contributed by atoms with Crippen LogP contribution in [0, 0.1) is 6.92 Å². The molecule has 0 aromatic heterocycles. The molecular weight excluding hydrogens is 290 g/mol. The molecule has 2 aromatic rings. The lowest BCUT2D eigenvalue weighted by molar-refractivity contribution is 0.106. The Morgan fingerprint density at radius 2 is 1.87 bits per heavy atom. The van der Waals surface area contributed by atoms with Crippen LogP contribution in [0.1, 0.15) is 11.1 Å². The zero-order chi connectivity index (χ0) is 16.5. The van der Waals surface area contributed by atoms with Gasteiger partial charge >= 0.3 is 0 Å². The Morgan fingerprint density at radius 1 is 1.09 bits per heavy atom. The fourth-order valence-electron chi connectivity index (χ4n) is 2.29. The summed E-state index contributed by atoms with van der Waals surface area (Å²) in [5.74, 6) is 1.66. The van der Waals surface area contributed by atoms with Gasteiger partial charge in [0.1, 0.15) is 24.2 Å². The van der Waals surface area contributed by atoms with E-state index in [4.69, 9.17) is 9.47 Å². The van der Waals surface area contributed by atoms with Gasteiger partial charge in [0, 0.05) is 6.54 Å². The molecule has 0 radical (unpaired) electrons. The van der Waals surface area contributed by atoms with Crippen molar-refractivity contribution in [1.82, 2.24) is 5.32 Å². The molecule has 1 atom stereocenters. The number of benzene rings is 2. The van der Waals surface area contributed by atoms with Gasteiger partial charge in [-0.25, -0.2) is 0 Å². The van der Waals surface area contributed by atoms with Crippen molar-refractivity contribution in [2.24, 2.45) is 0 Å². The summed E-state index contributed by atoms with van der Waals surface area (Å²) >= 11 is 0. The van der Waals surface area contributed by atoms with Crippen molar-refractivity contribution in [2.75, 3.05) is 26.8 Å². The monoisotopic (exact) mass is 315 g/mol. The van der Waals surface area contributed by atoms with E-state index in [0.717, 1.165) is 30.0 Å². The van der Waals surface area contributed by atoms with E-state index in [-0.39, 0.29) is 6.61 Å². The molecule has 0 spiro atoms. The molecule has 2 rings (SSSR count). The van der Waals surface area contributed by atoms with Gasteiger partial charge < -0.3 is 19.9 Å². The van der Waals surface area contributed by atoms with Gasteiger partial charge in [0.05, 0.1) is 7.11 Å². The maximum Gasteiger partial charge on any atom is 0.119 e. The zero-order valence-electron chi connectivity index (χ0n) is 13.8. The average molecular weight is 315 g/mol. The van der Waals surface area contributed by atoms with Gasteiger partial charge in [0.15, 0.2) is 0 Å². The van der Waals surface area contributed by atoms with E-state index in [2.05, 4.69) is 11.4 Å². The summed E-state index contributed by atoms with van der Waals surface area (Å²) in [6.45, 7) is 3.61. The third kappa shape index (κ3) is 6.30. The van der Waals surface area contributed by atoms with Crippen molar-refractivity contribution in [3.63, 3.8) is 0 Å².